The van der Waals surface area contributed by atoms with Gasteiger partial charge < -0.3 is 5.32 Å². The molecule has 4 atom stereocenters. The molecule has 0 amide bonds. The number of nitrogens with one attached hydrogen (secondary N) is 1. The molecular formula is C17H19N. The summed E-state index contributed by atoms with van der Waals surface area (Å²) in [6, 6.07) is 10.2. The first-order chi connectivity index (χ1) is 8.84. The Labute approximate surface area is 109 Å². The van der Waals surface area contributed by atoms with Crippen LogP contribution in [0.4, 0.5) is 0 Å². The lowest BCUT2D eigenvalue weighted by Gasteiger charge is -2.42. The molecule has 18 heavy (non-hydrogen) atoms. The molecule has 1 aromatic rings. The van der Waals surface area contributed by atoms with Gasteiger partial charge in [0.25, 0.3) is 0 Å². The third-order valence-corrected chi connectivity index (χ3v) is 4.89. The van der Waals surface area contributed by atoms with E-state index in [1.165, 1.54) is 12.8 Å². The molecular weight excluding hydrogens is 218 g/mol. The summed E-state index contributed by atoms with van der Waals surface area (Å²) in [6.45, 7) is 2.34. The van der Waals surface area contributed by atoms with E-state index >= 15 is 0 Å². The van der Waals surface area contributed by atoms with Gasteiger partial charge in [0.1, 0.15) is 0 Å². The molecule has 2 bridgehead atoms. The molecule has 5 rings (SSSR count). The molecule has 0 saturated carbocycles. The molecule has 4 aliphatic rings. The molecule has 1 nitrogen and oxygen atoms in total. The zero-order valence-electron chi connectivity index (χ0n) is 10.8. The van der Waals surface area contributed by atoms with E-state index in [4.69, 9.17) is 0 Å². The Morgan fingerprint density at radius 3 is 3.06 bits per heavy atom. The second-order valence-electron chi connectivity index (χ2n) is 5.88. The summed E-state index contributed by atoms with van der Waals surface area (Å²) in [5, 5.41) is 3.85. The van der Waals surface area contributed by atoms with Gasteiger partial charge in [-0.2, -0.15) is 0 Å². The van der Waals surface area contributed by atoms with Crippen LogP contribution in [0.25, 0.3) is 0 Å². The van der Waals surface area contributed by atoms with E-state index in [9.17, 15) is 0 Å². The number of hydrogen-bond acceptors (Lipinski definition) is 1. The highest BCUT2D eigenvalue weighted by atomic mass is 15.0. The zero-order valence-corrected chi connectivity index (χ0v) is 10.8. The summed E-state index contributed by atoms with van der Waals surface area (Å²) in [6.07, 6.45) is 9.35. The predicted octanol–water partition coefficient (Wildman–Crippen LogP) is 3.19. The Morgan fingerprint density at radius 1 is 1.22 bits per heavy atom. The van der Waals surface area contributed by atoms with Gasteiger partial charge in [-0.1, -0.05) is 48.1 Å². The molecule has 0 spiro atoms. The summed E-state index contributed by atoms with van der Waals surface area (Å²) in [4.78, 5) is 0. The van der Waals surface area contributed by atoms with E-state index in [1.807, 2.05) is 0 Å². The molecule has 0 unspecified atom stereocenters. The Morgan fingerprint density at radius 2 is 2.11 bits per heavy atom. The van der Waals surface area contributed by atoms with Crippen LogP contribution in [0.2, 0.25) is 0 Å². The van der Waals surface area contributed by atoms with Crippen molar-refractivity contribution in [1.29, 1.82) is 0 Å². The van der Waals surface area contributed by atoms with Crippen LogP contribution in [-0.2, 0) is 6.42 Å². The minimum atomic E-state index is 0.563. The van der Waals surface area contributed by atoms with E-state index in [0.29, 0.717) is 23.9 Å². The number of hydrogen-bond donors (Lipinski definition) is 1. The lowest BCUT2D eigenvalue weighted by Crippen LogP contribution is -2.50. The SMILES string of the molecule is C[C@H]1N[C@H]2Cc3ccccc3[C@H]1C1=CC=CC[C@H]12. The monoisotopic (exact) mass is 237 g/mol. The summed E-state index contributed by atoms with van der Waals surface area (Å²) in [5.41, 5.74) is 4.78. The summed E-state index contributed by atoms with van der Waals surface area (Å²) < 4.78 is 0. The predicted molar refractivity (Wildman–Crippen MR) is 74.6 cm³/mol. The van der Waals surface area contributed by atoms with Crippen molar-refractivity contribution in [1.82, 2.24) is 5.32 Å². The van der Waals surface area contributed by atoms with Crippen LogP contribution < -0.4 is 5.32 Å². The fourth-order valence-corrected chi connectivity index (χ4v) is 4.14. The van der Waals surface area contributed by atoms with Crippen LogP contribution in [-0.4, -0.2) is 12.1 Å². The van der Waals surface area contributed by atoms with Crippen LogP contribution >= 0.6 is 0 Å². The normalized spacial score (nSPS) is 36.6. The molecule has 92 valence electrons. The van der Waals surface area contributed by atoms with Crippen molar-refractivity contribution in [2.75, 3.05) is 0 Å². The molecule has 1 N–H and O–H groups in total. The Kier molecular flexibility index (Phi) is 2.25. The highest BCUT2D eigenvalue weighted by molar-refractivity contribution is 5.46. The average Bonchev–Trinajstić information content (AvgIpc) is 2.63. The Bertz CT molecular complexity index is 540. The quantitative estimate of drug-likeness (QED) is 0.730. The maximum Gasteiger partial charge on any atom is 0.0209 e. The maximum absolute atomic E-state index is 3.85. The van der Waals surface area contributed by atoms with Gasteiger partial charge in [-0.25, -0.2) is 0 Å². The average molecular weight is 237 g/mol. The van der Waals surface area contributed by atoms with Gasteiger partial charge in [0.05, 0.1) is 0 Å². The first-order valence-electron chi connectivity index (χ1n) is 7.05. The Balaban J connectivity index is 1.93. The number of benzene rings is 1. The first-order valence-corrected chi connectivity index (χ1v) is 7.05. The molecule has 1 heteroatoms. The second kappa shape index (κ2) is 3.83. The van der Waals surface area contributed by atoms with Crippen molar-refractivity contribution in [3.63, 3.8) is 0 Å². The first kappa shape index (κ1) is 10.6. The molecule has 2 aliphatic heterocycles. The van der Waals surface area contributed by atoms with Gasteiger partial charge in [-0.05, 0) is 36.8 Å². The summed E-state index contributed by atoms with van der Waals surface area (Å²) in [7, 11) is 0. The zero-order chi connectivity index (χ0) is 12.1. The van der Waals surface area contributed by atoms with Crippen molar-refractivity contribution in [3.8, 4) is 0 Å². The number of fused-ring (bicyclic) bond motifs is 1. The van der Waals surface area contributed by atoms with Crippen molar-refractivity contribution in [3.05, 3.63) is 59.2 Å². The lowest BCUT2D eigenvalue weighted by atomic mass is 9.72. The smallest absolute Gasteiger partial charge is 0.0209 e. The molecule has 1 fully saturated rings. The van der Waals surface area contributed by atoms with Crippen LogP contribution in [0, 0.1) is 5.92 Å². The summed E-state index contributed by atoms with van der Waals surface area (Å²) >= 11 is 0. The van der Waals surface area contributed by atoms with Crippen LogP contribution in [0.5, 0.6) is 0 Å². The van der Waals surface area contributed by atoms with Gasteiger partial charge in [0.2, 0.25) is 0 Å². The number of rotatable bonds is 0. The lowest BCUT2D eigenvalue weighted by molar-refractivity contribution is 0.291. The van der Waals surface area contributed by atoms with E-state index < -0.39 is 0 Å². The largest absolute Gasteiger partial charge is 0.310 e. The highest BCUT2D eigenvalue weighted by Crippen LogP contribution is 2.46. The molecule has 0 radical (unpaired) electrons. The Hall–Kier alpha value is -1.34. The van der Waals surface area contributed by atoms with Crippen LogP contribution in [0.1, 0.15) is 30.4 Å². The van der Waals surface area contributed by atoms with Gasteiger partial charge in [0, 0.05) is 18.0 Å². The van der Waals surface area contributed by atoms with Gasteiger partial charge in [-0.3, -0.25) is 0 Å². The van der Waals surface area contributed by atoms with Crippen molar-refractivity contribution in [2.45, 2.75) is 37.8 Å². The molecule has 1 aromatic carbocycles. The van der Waals surface area contributed by atoms with E-state index in [-0.39, 0.29) is 0 Å². The maximum atomic E-state index is 3.85. The third-order valence-electron chi connectivity index (χ3n) is 4.89. The van der Waals surface area contributed by atoms with Crippen LogP contribution in [0.15, 0.2) is 48.1 Å². The van der Waals surface area contributed by atoms with Gasteiger partial charge in [-0.15, -0.1) is 0 Å². The van der Waals surface area contributed by atoms with Crippen molar-refractivity contribution < 1.29 is 0 Å². The molecule has 2 aliphatic carbocycles. The van der Waals surface area contributed by atoms with E-state index in [0.717, 1.165) is 0 Å². The van der Waals surface area contributed by atoms with E-state index in [1.54, 1.807) is 16.7 Å². The molecule has 2 heterocycles. The standard InChI is InChI=1S/C17H19N/c1-11-17-13-7-3-2-6-12(13)10-16(18-11)14-8-4-5-9-15(14)17/h2-7,9,11,14,16-18H,8,10H2,1H3/t11-,14-,16+,17+/m1/s1. The number of piperidine rings is 1. The number of allylic oxidation sites excluding steroid dienone is 3. The second-order valence-corrected chi connectivity index (χ2v) is 5.88. The highest BCUT2D eigenvalue weighted by Gasteiger charge is 2.42. The minimum Gasteiger partial charge on any atom is -0.310 e. The van der Waals surface area contributed by atoms with Crippen molar-refractivity contribution in [2.24, 2.45) is 5.92 Å². The molecule has 0 aromatic heterocycles. The fourth-order valence-electron chi connectivity index (χ4n) is 4.14. The topological polar surface area (TPSA) is 12.0 Å². The van der Waals surface area contributed by atoms with Gasteiger partial charge in [0.15, 0.2) is 0 Å². The minimum absolute atomic E-state index is 0.563. The van der Waals surface area contributed by atoms with E-state index in [2.05, 4.69) is 54.7 Å². The summed E-state index contributed by atoms with van der Waals surface area (Å²) in [5.74, 6) is 1.29. The van der Waals surface area contributed by atoms with Crippen molar-refractivity contribution >= 4 is 0 Å². The fraction of sp³-hybridized carbons (Fsp3) is 0.412. The van der Waals surface area contributed by atoms with Gasteiger partial charge >= 0.3 is 0 Å². The third kappa shape index (κ3) is 1.37. The molecule has 1 saturated heterocycles. The van der Waals surface area contributed by atoms with Crippen LogP contribution in [0.3, 0.4) is 0 Å².